The van der Waals surface area contributed by atoms with E-state index in [-0.39, 0.29) is 35.8 Å². The zero-order chi connectivity index (χ0) is 19.8. The maximum Gasteiger partial charge on any atom is 0.218 e. The molecular formula is C20H28FIN6O. The number of nitrogens with one attached hydrogen (secondary N) is 2. The van der Waals surface area contributed by atoms with Gasteiger partial charge in [-0.2, -0.15) is 0 Å². The van der Waals surface area contributed by atoms with Crippen LogP contribution in [0.2, 0.25) is 0 Å². The highest BCUT2D eigenvalue weighted by Gasteiger charge is 2.25. The molecule has 1 saturated heterocycles. The average Bonchev–Trinajstić information content (AvgIpc) is 3.16. The van der Waals surface area contributed by atoms with Gasteiger partial charge in [0.05, 0.1) is 13.2 Å². The highest BCUT2D eigenvalue weighted by Crippen LogP contribution is 2.21. The molecule has 0 aliphatic carbocycles. The number of ether oxygens (including phenoxy) is 1. The summed E-state index contributed by atoms with van der Waals surface area (Å²) >= 11 is 0. The molecule has 0 radical (unpaired) electrons. The Balaban J connectivity index is 0.00000300. The second-order valence-electron chi connectivity index (χ2n) is 6.48. The lowest BCUT2D eigenvalue weighted by Crippen LogP contribution is -2.44. The van der Waals surface area contributed by atoms with Crippen molar-refractivity contribution >= 4 is 35.8 Å². The van der Waals surface area contributed by atoms with Crippen molar-refractivity contribution in [1.29, 1.82) is 0 Å². The van der Waals surface area contributed by atoms with Gasteiger partial charge >= 0.3 is 0 Å². The second kappa shape index (κ2) is 11.7. The monoisotopic (exact) mass is 514 g/mol. The summed E-state index contributed by atoms with van der Waals surface area (Å²) in [5.74, 6) is 1.46. The molecule has 0 spiro atoms. The Bertz CT molecular complexity index is 806. The molecule has 0 saturated carbocycles. The van der Waals surface area contributed by atoms with Crippen LogP contribution in [-0.2, 0) is 6.54 Å². The molecule has 2 N–H and O–H groups in total. The quantitative estimate of drug-likeness (QED) is 0.337. The molecule has 7 nitrogen and oxygen atoms in total. The number of guanidine groups is 1. The van der Waals surface area contributed by atoms with Crippen molar-refractivity contribution in [3.63, 3.8) is 0 Å². The zero-order valence-corrected chi connectivity index (χ0v) is 19.1. The Labute approximate surface area is 188 Å². The molecular weight excluding hydrogens is 486 g/mol. The number of anilines is 1. The van der Waals surface area contributed by atoms with E-state index in [1.165, 1.54) is 6.07 Å². The fourth-order valence-corrected chi connectivity index (χ4v) is 3.17. The number of halogens is 2. The van der Waals surface area contributed by atoms with E-state index < -0.39 is 0 Å². The molecule has 2 aromatic rings. The summed E-state index contributed by atoms with van der Waals surface area (Å²) in [6, 6.07) is 7.06. The van der Waals surface area contributed by atoms with Gasteiger partial charge in [-0.05, 0) is 38.5 Å². The third kappa shape index (κ3) is 6.41. The molecule has 0 bridgehead atoms. The minimum atomic E-state index is -0.288. The van der Waals surface area contributed by atoms with Gasteiger partial charge in [0.1, 0.15) is 0 Å². The molecule has 1 unspecified atom stereocenters. The minimum Gasteiger partial charge on any atom is -0.478 e. The number of pyridine rings is 2. The number of aromatic nitrogens is 2. The third-order valence-electron chi connectivity index (χ3n) is 4.45. The zero-order valence-electron chi connectivity index (χ0n) is 16.8. The number of aliphatic imine (C=N–C) groups is 1. The highest BCUT2D eigenvalue weighted by molar-refractivity contribution is 14.0. The van der Waals surface area contributed by atoms with Crippen molar-refractivity contribution in [2.24, 2.45) is 4.99 Å². The fourth-order valence-electron chi connectivity index (χ4n) is 3.17. The molecule has 0 aromatic carbocycles. The van der Waals surface area contributed by atoms with Gasteiger partial charge in [0.25, 0.3) is 0 Å². The average molecular weight is 514 g/mol. The van der Waals surface area contributed by atoms with Gasteiger partial charge in [-0.25, -0.2) is 19.4 Å². The summed E-state index contributed by atoms with van der Waals surface area (Å²) in [5, 5.41) is 6.71. The topological polar surface area (TPSA) is 74.7 Å². The molecule has 0 amide bonds. The Morgan fingerprint density at radius 3 is 2.83 bits per heavy atom. The third-order valence-corrected chi connectivity index (χ3v) is 4.45. The first-order chi connectivity index (χ1) is 13.7. The molecule has 3 heterocycles. The van der Waals surface area contributed by atoms with E-state index in [0.29, 0.717) is 31.4 Å². The van der Waals surface area contributed by atoms with Gasteiger partial charge in [0.15, 0.2) is 17.6 Å². The first-order valence-corrected chi connectivity index (χ1v) is 9.68. The van der Waals surface area contributed by atoms with Crippen LogP contribution in [0.4, 0.5) is 10.2 Å². The molecule has 3 rings (SSSR count). The van der Waals surface area contributed by atoms with Crippen molar-refractivity contribution < 1.29 is 9.13 Å². The van der Waals surface area contributed by atoms with Crippen LogP contribution >= 0.6 is 24.0 Å². The highest BCUT2D eigenvalue weighted by atomic mass is 127. The predicted octanol–water partition coefficient (Wildman–Crippen LogP) is 2.97. The van der Waals surface area contributed by atoms with Gasteiger partial charge in [-0.3, -0.25) is 0 Å². The van der Waals surface area contributed by atoms with Gasteiger partial charge in [0, 0.05) is 43.6 Å². The summed E-state index contributed by atoms with van der Waals surface area (Å²) in [7, 11) is 0. The normalized spacial score (nSPS) is 16.3. The first-order valence-electron chi connectivity index (χ1n) is 9.68. The van der Waals surface area contributed by atoms with Crippen LogP contribution in [0, 0.1) is 5.82 Å². The Hall–Kier alpha value is -2.17. The Morgan fingerprint density at radius 1 is 1.28 bits per heavy atom. The number of rotatable bonds is 7. The van der Waals surface area contributed by atoms with E-state index >= 15 is 0 Å². The van der Waals surface area contributed by atoms with Gasteiger partial charge in [0.2, 0.25) is 5.88 Å². The molecule has 1 aliphatic heterocycles. The van der Waals surface area contributed by atoms with Crippen molar-refractivity contribution in [2.75, 3.05) is 31.1 Å². The second-order valence-corrected chi connectivity index (χ2v) is 6.48. The number of hydrogen-bond acceptors (Lipinski definition) is 5. The van der Waals surface area contributed by atoms with E-state index in [1.807, 2.05) is 30.9 Å². The molecule has 29 heavy (non-hydrogen) atoms. The SMILES string of the molecule is CCNC(=NCc1cccnc1OCC)NC1CCN(c2ncccc2F)C1.I. The molecule has 1 fully saturated rings. The summed E-state index contributed by atoms with van der Waals surface area (Å²) in [5.41, 5.74) is 0.935. The summed E-state index contributed by atoms with van der Waals surface area (Å²) < 4.78 is 19.5. The van der Waals surface area contributed by atoms with Crippen LogP contribution in [0.15, 0.2) is 41.7 Å². The maximum atomic E-state index is 14.0. The van der Waals surface area contributed by atoms with Gasteiger partial charge < -0.3 is 20.3 Å². The molecule has 1 atom stereocenters. The van der Waals surface area contributed by atoms with E-state index in [1.54, 1.807) is 18.5 Å². The largest absolute Gasteiger partial charge is 0.478 e. The smallest absolute Gasteiger partial charge is 0.218 e. The van der Waals surface area contributed by atoms with E-state index in [4.69, 9.17) is 4.74 Å². The lowest BCUT2D eigenvalue weighted by Gasteiger charge is -2.20. The number of nitrogens with zero attached hydrogens (tertiary/aromatic N) is 4. The number of hydrogen-bond donors (Lipinski definition) is 2. The van der Waals surface area contributed by atoms with Crippen LogP contribution < -0.4 is 20.3 Å². The molecule has 158 valence electrons. The molecule has 2 aromatic heterocycles. The first kappa shape index (κ1) is 23.1. The van der Waals surface area contributed by atoms with Crippen LogP contribution in [0.25, 0.3) is 0 Å². The van der Waals surface area contributed by atoms with E-state index in [9.17, 15) is 4.39 Å². The van der Waals surface area contributed by atoms with Crippen LogP contribution in [0.5, 0.6) is 5.88 Å². The summed E-state index contributed by atoms with van der Waals surface area (Å²) in [4.78, 5) is 15.1. The standard InChI is InChI=1S/C20H27FN6O.HI/c1-3-22-20(25-13-15-7-5-11-24-19(15)28-4-2)26-16-9-12-27(14-16)18-17(21)8-6-10-23-18;/h5-8,10-11,16H,3-4,9,12-14H2,1-2H3,(H2,22,25,26);1H. The van der Waals surface area contributed by atoms with Crippen molar-refractivity contribution in [3.05, 3.63) is 48.0 Å². The van der Waals surface area contributed by atoms with E-state index in [0.717, 1.165) is 31.0 Å². The lowest BCUT2D eigenvalue weighted by molar-refractivity contribution is 0.323. The van der Waals surface area contributed by atoms with Crippen LogP contribution in [0.1, 0.15) is 25.8 Å². The van der Waals surface area contributed by atoms with E-state index in [2.05, 4.69) is 25.6 Å². The van der Waals surface area contributed by atoms with Crippen LogP contribution in [-0.4, -0.2) is 48.2 Å². The predicted molar refractivity (Wildman–Crippen MR) is 124 cm³/mol. The molecule has 9 heteroatoms. The van der Waals surface area contributed by atoms with Gasteiger partial charge in [-0.15, -0.1) is 24.0 Å². The lowest BCUT2D eigenvalue weighted by atomic mass is 10.2. The Kier molecular flexibility index (Phi) is 9.36. The minimum absolute atomic E-state index is 0. The van der Waals surface area contributed by atoms with Crippen molar-refractivity contribution in [2.45, 2.75) is 32.9 Å². The van der Waals surface area contributed by atoms with Crippen LogP contribution in [0.3, 0.4) is 0 Å². The molecule has 1 aliphatic rings. The fraction of sp³-hybridized carbons (Fsp3) is 0.450. The van der Waals surface area contributed by atoms with Crippen molar-refractivity contribution in [3.8, 4) is 5.88 Å². The summed E-state index contributed by atoms with van der Waals surface area (Å²) in [6.45, 7) is 7.17. The summed E-state index contributed by atoms with van der Waals surface area (Å²) in [6.07, 6.45) is 4.22. The Morgan fingerprint density at radius 2 is 2.07 bits per heavy atom. The maximum absolute atomic E-state index is 14.0. The van der Waals surface area contributed by atoms with Crippen molar-refractivity contribution in [1.82, 2.24) is 20.6 Å². The van der Waals surface area contributed by atoms with Gasteiger partial charge in [-0.1, -0.05) is 6.07 Å².